The zero-order valence-corrected chi connectivity index (χ0v) is 11.8. The first-order valence-corrected chi connectivity index (χ1v) is 6.60. The summed E-state index contributed by atoms with van der Waals surface area (Å²) in [4.78, 5) is 11.9. The molecule has 1 aromatic carbocycles. The van der Waals surface area contributed by atoms with Crippen LogP contribution in [0.25, 0.3) is 6.08 Å². The van der Waals surface area contributed by atoms with Crippen LogP contribution in [0.1, 0.15) is 5.56 Å². The van der Waals surface area contributed by atoms with Crippen LogP contribution in [0.2, 0.25) is 0 Å². The van der Waals surface area contributed by atoms with E-state index in [0.717, 1.165) is 11.8 Å². The molecular weight excluding hydrogens is 308 g/mol. The first-order chi connectivity index (χ1) is 9.51. The standard InChI is InChI=1S/C12H9F2NO3S2/c1-17-7-4-2-3-6(9(7)18-11(13)14)5-8-10(16)15-12(19)20-8/h2-5,11H,1H3,(H,15,16,19)/b8-5-. The van der Waals surface area contributed by atoms with E-state index in [1.165, 1.54) is 19.3 Å². The molecule has 0 unspecified atom stereocenters. The Morgan fingerprint density at radius 1 is 1.45 bits per heavy atom. The molecule has 106 valence electrons. The van der Waals surface area contributed by atoms with Gasteiger partial charge in [-0.15, -0.1) is 0 Å². The SMILES string of the molecule is COc1cccc(/C=C2\SC(=S)NC2=O)c1OC(F)F. The van der Waals surface area contributed by atoms with Crippen molar-refractivity contribution in [1.82, 2.24) is 5.32 Å². The van der Waals surface area contributed by atoms with Gasteiger partial charge in [0.05, 0.1) is 12.0 Å². The largest absolute Gasteiger partial charge is 0.493 e. The molecule has 1 N–H and O–H groups in total. The molecule has 0 bridgehead atoms. The van der Waals surface area contributed by atoms with E-state index in [2.05, 4.69) is 10.1 Å². The number of ether oxygens (including phenoxy) is 2. The third-order valence-corrected chi connectivity index (χ3v) is 3.53. The number of thioether (sulfide) groups is 1. The van der Waals surface area contributed by atoms with Crippen LogP contribution in [0.15, 0.2) is 23.1 Å². The number of carbonyl (C=O) groups is 1. The van der Waals surface area contributed by atoms with Gasteiger partial charge in [0.15, 0.2) is 11.5 Å². The number of amides is 1. The van der Waals surface area contributed by atoms with Gasteiger partial charge in [0.1, 0.15) is 4.32 Å². The highest BCUT2D eigenvalue weighted by atomic mass is 32.2. The molecular formula is C12H9F2NO3S2. The van der Waals surface area contributed by atoms with Crippen molar-refractivity contribution >= 4 is 40.3 Å². The Balaban J connectivity index is 2.43. The van der Waals surface area contributed by atoms with Gasteiger partial charge >= 0.3 is 6.61 Å². The van der Waals surface area contributed by atoms with Crippen molar-refractivity contribution in [3.63, 3.8) is 0 Å². The van der Waals surface area contributed by atoms with Crippen LogP contribution in [-0.4, -0.2) is 23.9 Å². The number of benzene rings is 1. The van der Waals surface area contributed by atoms with E-state index in [1.807, 2.05) is 0 Å². The lowest BCUT2D eigenvalue weighted by molar-refractivity contribution is -0.115. The molecule has 1 fully saturated rings. The summed E-state index contributed by atoms with van der Waals surface area (Å²) in [7, 11) is 1.34. The zero-order chi connectivity index (χ0) is 14.7. The van der Waals surface area contributed by atoms with Gasteiger partial charge in [-0.3, -0.25) is 4.79 Å². The number of rotatable bonds is 4. The van der Waals surface area contributed by atoms with Crippen LogP contribution in [0.4, 0.5) is 8.78 Å². The Morgan fingerprint density at radius 2 is 2.20 bits per heavy atom. The first kappa shape index (κ1) is 14.7. The maximum absolute atomic E-state index is 12.5. The van der Waals surface area contributed by atoms with Crippen LogP contribution in [0.3, 0.4) is 0 Å². The number of carbonyl (C=O) groups excluding carboxylic acids is 1. The van der Waals surface area contributed by atoms with Crippen LogP contribution >= 0.6 is 24.0 Å². The Bertz CT molecular complexity index is 590. The summed E-state index contributed by atoms with van der Waals surface area (Å²) in [6, 6.07) is 4.65. The molecule has 1 aliphatic rings. The fraction of sp³-hybridized carbons (Fsp3) is 0.167. The molecule has 4 nitrogen and oxygen atoms in total. The van der Waals surface area contributed by atoms with Crippen LogP contribution in [0, 0.1) is 0 Å². The summed E-state index contributed by atoms with van der Waals surface area (Å²) in [5.41, 5.74) is 0.312. The zero-order valence-electron chi connectivity index (χ0n) is 10.2. The van der Waals surface area contributed by atoms with Crippen molar-refractivity contribution in [3.8, 4) is 11.5 Å². The summed E-state index contributed by atoms with van der Waals surface area (Å²) in [6.45, 7) is -2.99. The summed E-state index contributed by atoms with van der Waals surface area (Å²) in [5, 5.41) is 2.44. The van der Waals surface area contributed by atoms with Gasteiger partial charge in [-0.05, 0) is 12.1 Å². The van der Waals surface area contributed by atoms with E-state index >= 15 is 0 Å². The quantitative estimate of drug-likeness (QED) is 0.683. The molecule has 1 aromatic rings. The predicted octanol–water partition coefficient (Wildman–Crippen LogP) is 2.79. The second-order valence-corrected chi connectivity index (χ2v) is 5.33. The topological polar surface area (TPSA) is 47.6 Å². The number of halogens is 2. The Hall–Kier alpha value is -1.67. The number of thiocarbonyl (C=S) groups is 1. The summed E-state index contributed by atoms with van der Waals surface area (Å²) in [5.74, 6) is -0.333. The normalized spacial score (nSPS) is 16.7. The predicted molar refractivity (Wildman–Crippen MR) is 75.9 cm³/mol. The number of para-hydroxylation sites is 1. The molecule has 8 heteroatoms. The Morgan fingerprint density at radius 3 is 2.75 bits per heavy atom. The van der Waals surface area contributed by atoms with Gasteiger partial charge in [0, 0.05) is 5.56 Å². The molecule has 1 aliphatic heterocycles. The highest BCUT2D eigenvalue weighted by Crippen LogP contribution is 2.36. The molecule has 2 rings (SSSR count). The Kier molecular flexibility index (Phi) is 4.56. The third kappa shape index (κ3) is 3.26. The van der Waals surface area contributed by atoms with Gasteiger partial charge in [0.25, 0.3) is 5.91 Å². The minimum atomic E-state index is -2.99. The second-order valence-electron chi connectivity index (χ2n) is 3.61. The molecule has 0 aliphatic carbocycles. The van der Waals surface area contributed by atoms with Gasteiger partial charge < -0.3 is 14.8 Å². The van der Waals surface area contributed by atoms with Crippen molar-refractivity contribution < 1.29 is 23.0 Å². The number of alkyl halides is 2. The summed E-state index contributed by atoms with van der Waals surface area (Å²) in [6.07, 6.45) is 1.43. The van der Waals surface area contributed by atoms with Crippen LogP contribution in [0.5, 0.6) is 11.5 Å². The van der Waals surface area contributed by atoms with Crippen molar-refractivity contribution in [2.24, 2.45) is 0 Å². The highest BCUT2D eigenvalue weighted by Gasteiger charge is 2.23. The number of nitrogens with one attached hydrogen (secondary N) is 1. The van der Waals surface area contributed by atoms with Gasteiger partial charge in [-0.2, -0.15) is 8.78 Å². The van der Waals surface area contributed by atoms with Gasteiger partial charge in [0.2, 0.25) is 0 Å². The second kappa shape index (κ2) is 6.19. The molecule has 0 aromatic heterocycles. The summed E-state index contributed by atoms with van der Waals surface area (Å²) >= 11 is 5.91. The maximum atomic E-state index is 12.5. The maximum Gasteiger partial charge on any atom is 0.387 e. The van der Waals surface area contributed by atoms with Crippen LogP contribution < -0.4 is 14.8 Å². The Labute approximate surface area is 123 Å². The van der Waals surface area contributed by atoms with E-state index in [-0.39, 0.29) is 17.4 Å². The smallest absolute Gasteiger partial charge is 0.387 e. The lowest BCUT2D eigenvalue weighted by Gasteiger charge is -2.12. The van der Waals surface area contributed by atoms with Gasteiger partial charge in [-0.1, -0.05) is 36.1 Å². The molecule has 0 spiro atoms. The van der Waals surface area contributed by atoms with Crippen molar-refractivity contribution in [2.45, 2.75) is 6.61 Å². The lowest BCUT2D eigenvalue weighted by Crippen LogP contribution is -2.17. The molecule has 0 radical (unpaired) electrons. The number of hydrogen-bond donors (Lipinski definition) is 1. The van der Waals surface area contributed by atoms with Crippen LogP contribution in [-0.2, 0) is 4.79 Å². The fourth-order valence-corrected chi connectivity index (χ4v) is 2.62. The van der Waals surface area contributed by atoms with E-state index < -0.39 is 6.61 Å². The van der Waals surface area contributed by atoms with E-state index in [4.69, 9.17) is 17.0 Å². The van der Waals surface area contributed by atoms with E-state index in [0.29, 0.717) is 14.8 Å². The molecule has 1 heterocycles. The number of hydrogen-bond acceptors (Lipinski definition) is 5. The monoisotopic (exact) mass is 317 g/mol. The van der Waals surface area contributed by atoms with E-state index in [9.17, 15) is 13.6 Å². The van der Waals surface area contributed by atoms with Gasteiger partial charge in [-0.25, -0.2) is 0 Å². The average Bonchev–Trinajstić information content (AvgIpc) is 2.69. The molecule has 20 heavy (non-hydrogen) atoms. The third-order valence-electron chi connectivity index (χ3n) is 2.36. The van der Waals surface area contributed by atoms with E-state index in [1.54, 1.807) is 12.1 Å². The van der Waals surface area contributed by atoms with Crippen molar-refractivity contribution in [3.05, 3.63) is 28.7 Å². The summed E-state index contributed by atoms with van der Waals surface area (Å²) < 4.78 is 34.7. The minimum absolute atomic E-state index is 0.122. The first-order valence-electron chi connectivity index (χ1n) is 5.38. The highest BCUT2D eigenvalue weighted by molar-refractivity contribution is 8.26. The molecule has 0 atom stereocenters. The molecule has 1 saturated heterocycles. The fourth-order valence-electron chi connectivity index (χ4n) is 1.58. The minimum Gasteiger partial charge on any atom is -0.493 e. The number of methoxy groups -OCH3 is 1. The van der Waals surface area contributed by atoms with Crippen molar-refractivity contribution in [1.29, 1.82) is 0 Å². The van der Waals surface area contributed by atoms with Crippen molar-refractivity contribution in [2.75, 3.05) is 7.11 Å². The lowest BCUT2D eigenvalue weighted by atomic mass is 10.1. The molecule has 1 amide bonds. The molecule has 0 saturated carbocycles. The average molecular weight is 317 g/mol.